The van der Waals surface area contributed by atoms with Crippen LogP contribution in [0.1, 0.15) is 17.3 Å². The second kappa shape index (κ2) is 6.90. The number of benzene rings is 3. The number of carbonyl (C=O) groups is 1. The summed E-state index contributed by atoms with van der Waals surface area (Å²) in [6, 6.07) is 21.5. The maximum atomic E-state index is 11.4. The molecule has 128 valence electrons. The van der Waals surface area contributed by atoms with Crippen molar-refractivity contribution in [3.8, 4) is 11.1 Å². The van der Waals surface area contributed by atoms with Gasteiger partial charge >= 0.3 is 0 Å². The average Bonchev–Trinajstić information content (AvgIpc) is 3.03. The summed E-state index contributed by atoms with van der Waals surface area (Å²) in [6.07, 6.45) is 0. The van der Waals surface area contributed by atoms with Crippen molar-refractivity contribution in [1.29, 1.82) is 0 Å². The summed E-state index contributed by atoms with van der Waals surface area (Å²) in [6.45, 7) is 1.57. The lowest BCUT2D eigenvalue weighted by Crippen LogP contribution is -1.91. The van der Waals surface area contributed by atoms with Crippen molar-refractivity contribution < 1.29 is 4.79 Å². The molecule has 1 N–H and O–H groups in total. The molecule has 4 rings (SSSR count). The van der Waals surface area contributed by atoms with Crippen molar-refractivity contribution in [2.75, 3.05) is 5.32 Å². The molecule has 0 aliphatic rings. The van der Waals surface area contributed by atoms with Gasteiger partial charge in [0, 0.05) is 16.3 Å². The Kier molecular flexibility index (Phi) is 4.45. The quantitative estimate of drug-likeness (QED) is 0.409. The molecule has 5 heteroatoms. The standard InChI is InChI=1S/C21H15ClN2OS/c1-13(25)14-2-4-15(5-3-14)16-6-9-18(10-7-16)23-21-24-19-11-8-17(22)12-20(19)26-21/h2-12H,1H3,(H,23,24). The van der Waals surface area contributed by atoms with Crippen LogP contribution >= 0.6 is 22.9 Å². The molecule has 1 aromatic heterocycles. The van der Waals surface area contributed by atoms with Gasteiger partial charge in [0.2, 0.25) is 0 Å². The molecule has 3 nitrogen and oxygen atoms in total. The van der Waals surface area contributed by atoms with Crippen molar-refractivity contribution in [2.45, 2.75) is 6.92 Å². The molecule has 0 fully saturated rings. The molecule has 0 saturated heterocycles. The summed E-state index contributed by atoms with van der Waals surface area (Å²) in [5.41, 5.74) is 4.81. The number of anilines is 2. The highest BCUT2D eigenvalue weighted by molar-refractivity contribution is 7.22. The first-order valence-electron chi connectivity index (χ1n) is 8.13. The van der Waals surface area contributed by atoms with Gasteiger partial charge in [0.1, 0.15) is 0 Å². The number of fused-ring (bicyclic) bond motifs is 1. The number of aromatic nitrogens is 1. The van der Waals surface area contributed by atoms with E-state index in [2.05, 4.69) is 22.4 Å². The normalized spacial score (nSPS) is 10.8. The number of thiazole rings is 1. The maximum Gasteiger partial charge on any atom is 0.188 e. The molecular weight excluding hydrogens is 364 g/mol. The highest BCUT2D eigenvalue weighted by Gasteiger charge is 2.06. The number of halogens is 1. The van der Waals surface area contributed by atoms with Gasteiger partial charge in [0.05, 0.1) is 10.2 Å². The fourth-order valence-electron chi connectivity index (χ4n) is 2.72. The second-order valence-electron chi connectivity index (χ2n) is 5.97. The van der Waals surface area contributed by atoms with Crippen molar-refractivity contribution in [3.05, 3.63) is 77.3 Å². The van der Waals surface area contributed by atoms with E-state index in [9.17, 15) is 4.79 Å². The first-order chi connectivity index (χ1) is 12.6. The fourth-order valence-corrected chi connectivity index (χ4v) is 3.88. The van der Waals surface area contributed by atoms with E-state index in [1.807, 2.05) is 54.6 Å². The first-order valence-corrected chi connectivity index (χ1v) is 9.32. The zero-order valence-corrected chi connectivity index (χ0v) is 15.6. The molecule has 4 aromatic rings. The SMILES string of the molecule is CC(=O)c1ccc(-c2ccc(Nc3nc4ccc(Cl)cc4s3)cc2)cc1. The lowest BCUT2D eigenvalue weighted by molar-refractivity contribution is 0.101. The highest BCUT2D eigenvalue weighted by Crippen LogP contribution is 2.31. The molecule has 0 atom stereocenters. The molecule has 0 aliphatic carbocycles. The van der Waals surface area contributed by atoms with Crippen LogP contribution in [0.5, 0.6) is 0 Å². The van der Waals surface area contributed by atoms with Gasteiger partial charge in [-0.05, 0) is 48.4 Å². The Morgan fingerprint density at radius 1 is 0.962 bits per heavy atom. The predicted molar refractivity (Wildman–Crippen MR) is 110 cm³/mol. The van der Waals surface area contributed by atoms with Gasteiger partial charge in [0.15, 0.2) is 10.9 Å². The predicted octanol–water partition coefficient (Wildman–Crippen LogP) is 6.56. The van der Waals surface area contributed by atoms with Crippen LogP contribution in [0, 0.1) is 0 Å². The third-order valence-corrected chi connectivity index (χ3v) is 5.28. The number of Topliss-reactive ketones (excluding diaryl/α,β-unsaturated/α-hetero) is 1. The zero-order chi connectivity index (χ0) is 18.1. The molecule has 0 amide bonds. The Labute approximate surface area is 160 Å². The lowest BCUT2D eigenvalue weighted by atomic mass is 10.0. The monoisotopic (exact) mass is 378 g/mol. The molecule has 0 spiro atoms. The van der Waals surface area contributed by atoms with Crippen LogP contribution in [0.25, 0.3) is 21.3 Å². The van der Waals surface area contributed by atoms with E-state index in [-0.39, 0.29) is 5.78 Å². The molecule has 0 bridgehead atoms. The second-order valence-corrected chi connectivity index (χ2v) is 7.43. The maximum absolute atomic E-state index is 11.4. The van der Waals surface area contributed by atoms with Crippen molar-refractivity contribution in [3.63, 3.8) is 0 Å². The summed E-state index contributed by atoms with van der Waals surface area (Å²) in [7, 11) is 0. The molecule has 0 radical (unpaired) electrons. The highest BCUT2D eigenvalue weighted by atomic mass is 35.5. The molecule has 3 aromatic carbocycles. The largest absolute Gasteiger partial charge is 0.332 e. The van der Waals surface area contributed by atoms with Gasteiger partial charge in [-0.3, -0.25) is 4.79 Å². The Morgan fingerprint density at radius 3 is 2.27 bits per heavy atom. The molecule has 0 aliphatic heterocycles. The first kappa shape index (κ1) is 16.8. The van der Waals surface area contributed by atoms with Crippen LogP contribution < -0.4 is 5.32 Å². The Morgan fingerprint density at radius 2 is 1.62 bits per heavy atom. The minimum Gasteiger partial charge on any atom is -0.332 e. The van der Waals surface area contributed by atoms with E-state index in [0.29, 0.717) is 5.02 Å². The van der Waals surface area contributed by atoms with Gasteiger partial charge in [-0.15, -0.1) is 0 Å². The molecule has 0 unspecified atom stereocenters. The number of ketones is 1. The Bertz CT molecular complexity index is 1090. The van der Waals surface area contributed by atoms with E-state index < -0.39 is 0 Å². The van der Waals surface area contributed by atoms with E-state index in [0.717, 1.165) is 37.7 Å². The fraction of sp³-hybridized carbons (Fsp3) is 0.0476. The summed E-state index contributed by atoms with van der Waals surface area (Å²) < 4.78 is 1.06. The lowest BCUT2D eigenvalue weighted by Gasteiger charge is -2.06. The topological polar surface area (TPSA) is 42.0 Å². The molecule has 1 heterocycles. The average molecular weight is 379 g/mol. The van der Waals surface area contributed by atoms with Crippen LogP contribution in [-0.4, -0.2) is 10.8 Å². The number of nitrogens with one attached hydrogen (secondary N) is 1. The minimum absolute atomic E-state index is 0.0771. The van der Waals surface area contributed by atoms with Crippen LogP contribution in [-0.2, 0) is 0 Å². The van der Waals surface area contributed by atoms with Crippen LogP contribution in [0.3, 0.4) is 0 Å². The van der Waals surface area contributed by atoms with Crippen LogP contribution in [0.4, 0.5) is 10.8 Å². The zero-order valence-electron chi connectivity index (χ0n) is 14.0. The number of carbonyl (C=O) groups excluding carboxylic acids is 1. The Balaban J connectivity index is 1.54. The van der Waals surface area contributed by atoms with Gasteiger partial charge in [-0.2, -0.15) is 0 Å². The number of hydrogen-bond donors (Lipinski definition) is 1. The van der Waals surface area contributed by atoms with Crippen molar-refractivity contribution in [1.82, 2.24) is 4.98 Å². The third kappa shape index (κ3) is 3.47. The van der Waals surface area contributed by atoms with Crippen LogP contribution in [0.15, 0.2) is 66.7 Å². The van der Waals surface area contributed by atoms with Gasteiger partial charge in [0.25, 0.3) is 0 Å². The third-order valence-electron chi connectivity index (χ3n) is 4.11. The molecular formula is C21H15ClN2OS. The van der Waals surface area contributed by atoms with E-state index in [1.165, 1.54) is 0 Å². The van der Waals surface area contributed by atoms with Gasteiger partial charge in [-0.25, -0.2) is 4.98 Å². The number of hydrogen-bond acceptors (Lipinski definition) is 4. The van der Waals surface area contributed by atoms with Gasteiger partial charge < -0.3 is 5.32 Å². The summed E-state index contributed by atoms with van der Waals surface area (Å²) >= 11 is 7.60. The van der Waals surface area contributed by atoms with Crippen LogP contribution in [0.2, 0.25) is 5.02 Å². The van der Waals surface area contributed by atoms with Crippen molar-refractivity contribution in [2.24, 2.45) is 0 Å². The summed E-state index contributed by atoms with van der Waals surface area (Å²) in [5, 5.41) is 4.88. The molecule has 0 saturated carbocycles. The van der Waals surface area contributed by atoms with E-state index in [1.54, 1.807) is 18.3 Å². The van der Waals surface area contributed by atoms with Gasteiger partial charge in [-0.1, -0.05) is 59.3 Å². The summed E-state index contributed by atoms with van der Waals surface area (Å²) in [5.74, 6) is 0.0771. The smallest absolute Gasteiger partial charge is 0.188 e. The van der Waals surface area contributed by atoms with Crippen molar-refractivity contribution >= 4 is 49.8 Å². The molecule has 26 heavy (non-hydrogen) atoms. The Hall–Kier alpha value is -2.69. The summed E-state index contributed by atoms with van der Waals surface area (Å²) in [4.78, 5) is 15.9. The van der Waals surface area contributed by atoms with E-state index in [4.69, 9.17) is 11.6 Å². The minimum atomic E-state index is 0.0771. The number of rotatable bonds is 4. The van der Waals surface area contributed by atoms with E-state index >= 15 is 0 Å². The number of nitrogens with zero attached hydrogens (tertiary/aromatic N) is 1.